The number of thioether (sulfide) groups is 1. The van der Waals surface area contributed by atoms with Crippen LogP contribution in [-0.2, 0) is 4.79 Å². The quantitative estimate of drug-likeness (QED) is 0.616. The predicted octanol–water partition coefficient (Wildman–Crippen LogP) is 2.74. The molecule has 0 aromatic carbocycles. The molecule has 0 aliphatic rings. The summed E-state index contributed by atoms with van der Waals surface area (Å²) in [6.07, 6.45) is 1.78. The van der Waals surface area contributed by atoms with Crippen molar-refractivity contribution in [2.24, 2.45) is 0 Å². The molecule has 0 fully saturated rings. The zero-order valence-electron chi connectivity index (χ0n) is 12.1. The Morgan fingerprint density at radius 3 is 3.00 bits per heavy atom. The molecule has 6 nitrogen and oxygen atoms in total. The van der Waals surface area contributed by atoms with Gasteiger partial charge in [-0.2, -0.15) is 0 Å². The van der Waals surface area contributed by atoms with E-state index in [4.69, 9.17) is 0 Å². The Morgan fingerprint density at radius 2 is 2.33 bits per heavy atom. The zero-order chi connectivity index (χ0) is 15.2. The highest BCUT2D eigenvalue weighted by Gasteiger charge is 2.17. The maximum Gasteiger partial charge on any atom is 0.240 e. The largest absolute Gasteiger partial charge is 0.299 e. The SMILES string of the molecule is CCSc1nnc(NC(=O)CN(C)C(C)c2nccs2)s1. The second kappa shape index (κ2) is 7.83. The van der Waals surface area contributed by atoms with Crippen molar-refractivity contribution in [2.45, 2.75) is 24.2 Å². The fraction of sp³-hybridized carbons (Fsp3) is 0.500. The van der Waals surface area contributed by atoms with Crippen LogP contribution in [0, 0.1) is 0 Å². The van der Waals surface area contributed by atoms with Crippen molar-refractivity contribution < 1.29 is 4.79 Å². The van der Waals surface area contributed by atoms with Crippen LogP contribution in [-0.4, -0.2) is 45.3 Å². The average molecular weight is 344 g/mol. The summed E-state index contributed by atoms with van der Waals surface area (Å²) in [5.74, 6) is 0.849. The molecule has 9 heteroatoms. The number of thiazole rings is 1. The first kappa shape index (κ1) is 16.3. The van der Waals surface area contributed by atoms with Crippen LogP contribution in [0.5, 0.6) is 0 Å². The summed E-state index contributed by atoms with van der Waals surface area (Å²) >= 11 is 4.61. The van der Waals surface area contributed by atoms with E-state index >= 15 is 0 Å². The van der Waals surface area contributed by atoms with E-state index < -0.39 is 0 Å². The van der Waals surface area contributed by atoms with Gasteiger partial charge in [-0.3, -0.25) is 15.0 Å². The molecule has 0 radical (unpaired) electrons. The third-order valence-electron chi connectivity index (χ3n) is 2.78. The van der Waals surface area contributed by atoms with Crippen LogP contribution in [0.4, 0.5) is 5.13 Å². The van der Waals surface area contributed by atoms with E-state index in [0.717, 1.165) is 15.1 Å². The van der Waals surface area contributed by atoms with Gasteiger partial charge in [0.15, 0.2) is 4.34 Å². The van der Waals surface area contributed by atoms with E-state index in [9.17, 15) is 4.79 Å². The van der Waals surface area contributed by atoms with Crippen molar-refractivity contribution in [2.75, 3.05) is 24.7 Å². The van der Waals surface area contributed by atoms with E-state index in [-0.39, 0.29) is 18.5 Å². The highest BCUT2D eigenvalue weighted by atomic mass is 32.2. The van der Waals surface area contributed by atoms with E-state index in [1.54, 1.807) is 29.3 Å². The molecule has 0 aliphatic carbocycles. The lowest BCUT2D eigenvalue weighted by molar-refractivity contribution is -0.117. The molecule has 21 heavy (non-hydrogen) atoms. The fourth-order valence-electron chi connectivity index (χ4n) is 1.59. The number of nitrogens with one attached hydrogen (secondary N) is 1. The Morgan fingerprint density at radius 1 is 1.52 bits per heavy atom. The molecular formula is C12H17N5OS3. The van der Waals surface area contributed by atoms with Gasteiger partial charge >= 0.3 is 0 Å². The Labute approximate surface area is 136 Å². The summed E-state index contributed by atoms with van der Waals surface area (Å²) in [7, 11) is 1.91. The highest BCUT2D eigenvalue weighted by molar-refractivity contribution is 8.01. The number of carbonyl (C=O) groups is 1. The minimum Gasteiger partial charge on any atom is -0.299 e. The number of amides is 1. The first-order chi connectivity index (χ1) is 10.1. The molecule has 1 atom stereocenters. The molecule has 1 N–H and O–H groups in total. The van der Waals surface area contributed by atoms with Gasteiger partial charge in [0.2, 0.25) is 11.0 Å². The van der Waals surface area contributed by atoms with E-state index in [1.807, 2.05) is 24.3 Å². The van der Waals surface area contributed by atoms with Crippen molar-refractivity contribution in [1.82, 2.24) is 20.1 Å². The number of hydrogen-bond donors (Lipinski definition) is 1. The van der Waals surface area contributed by atoms with Crippen molar-refractivity contribution in [3.05, 3.63) is 16.6 Å². The zero-order valence-corrected chi connectivity index (χ0v) is 14.5. The fourth-order valence-corrected chi connectivity index (χ4v) is 4.02. The second-order valence-electron chi connectivity index (χ2n) is 4.32. The minimum atomic E-state index is -0.0925. The number of likely N-dealkylation sites (N-methyl/N-ethyl adjacent to an activating group) is 1. The Kier molecular flexibility index (Phi) is 6.09. The van der Waals surface area contributed by atoms with Gasteiger partial charge in [-0.05, 0) is 19.7 Å². The van der Waals surface area contributed by atoms with Gasteiger partial charge in [0.1, 0.15) is 5.01 Å². The van der Waals surface area contributed by atoms with Crippen LogP contribution >= 0.6 is 34.4 Å². The van der Waals surface area contributed by atoms with Crippen LogP contribution in [0.3, 0.4) is 0 Å². The summed E-state index contributed by atoms with van der Waals surface area (Å²) in [5, 5.41) is 14.2. The van der Waals surface area contributed by atoms with Crippen molar-refractivity contribution in [1.29, 1.82) is 0 Å². The van der Waals surface area contributed by atoms with E-state index in [1.165, 1.54) is 11.3 Å². The lowest BCUT2D eigenvalue weighted by atomic mass is 10.3. The highest BCUT2D eigenvalue weighted by Crippen LogP contribution is 2.25. The topological polar surface area (TPSA) is 71.0 Å². The van der Waals surface area contributed by atoms with Gasteiger partial charge in [-0.15, -0.1) is 21.5 Å². The number of rotatable bonds is 7. The van der Waals surface area contributed by atoms with Gasteiger partial charge in [-0.25, -0.2) is 4.98 Å². The van der Waals surface area contributed by atoms with Crippen molar-refractivity contribution in [3.63, 3.8) is 0 Å². The molecule has 0 saturated heterocycles. The third kappa shape index (κ3) is 4.73. The van der Waals surface area contributed by atoms with Gasteiger partial charge in [0.25, 0.3) is 0 Å². The number of hydrogen-bond acceptors (Lipinski definition) is 8. The smallest absolute Gasteiger partial charge is 0.240 e. The van der Waals surface area contributed by atoms with Crippen molar-refractivity contribution in [3.8, 4) is 0 Å². The number of nitrogens with zero attached hydrogens (tertiary/aromatic N) is 4. The van der Waals surface area contributed by atoms with Crippen LogP contribution in [0.1, 0.15) is 24.9 Å². The predicted molar refractivity (Wildman–Crippen MR) is 88.1 cm³/mol. The Balaban J connectivity index is 1.85. The van der Waals surface area contributed by atoms with Crippen LogP contribution in [0.25, 0.3) is 0 Å². The number of carbonyl (C=O) groups excluding carboxylic acids is 1. The van der Waals surface area contributed by atoms with Crippen LogP contribution < -0.4 is 5.32 Å². The number of anilines is 1. The molecule has 2 aromatic heterocycles. The third-order valence-corrected chi connectivity index (χ3v) is 5.58. The van der Waals surface area contributed by atoms with E-state index in [0.29, 0.717) is 5.13 Å². The molecule has 114 valence electrons. The maximum atomic E-state index is 12.0. The average Bonchev–Trinajstić information content (AvgIpc) is 3.10. The summed E-state index contributed by atoms with van der Waals surface area (Å²) < 4.78 is 0.873. The molecule has 0 bridgehead atoms. The second-order valence-corrected chi connectivity index (χ2v) is 7.73. The molecule has 0 saturated carbocycles. The molecule has 2 rings (SSSR count). The monoisotopic (exact) mass is 343 g/mol. The van der Waals surface area contributed by atoms with Crippen molar-refractivity contribution >= 4 is 45.5 Å². The van der Waals surface area contributed by atoms with Gasteiger partial charge < -0.3 is 0 Å². The molecule has 0 aliphatic heterocycles. The first-order valence-electron chi connectivity index (χ1n) is 6.46. The molecule has 2 heterocycles. The lowest BCUT2D eigenvalue weighted by Crippen LogP contribution is -2.32. The van der Waals surface area contributed by atoms with Gasteiger partial charge in [-0.1, -0.05) is 30.0 Å². The Hall–Kier alpha value is -1.03. The summed E-state index contributed by atoms with van der Waals surface area (Å²) in [5.41, 5.74) is 0. The van der Waals surface area contributed by atoms with Gasteiger partial charge in [0, 0.05) is 11.6 Å². The standard InChI is InChI=1S/C12H17N5OS3/c1-4-19-12-16-15-11(21-12)14-9(18)7-17(3)8(2)10-13-5-6-20-10/h5-6,8H,4,7H2,1-3H3,(H,14,15,18). The van der Waals surface area contributed by atoms with Gasteiger partial charge in [0.05, 0.1) is 12.6 Å². The lowest BCUT2D eigenvalue weighted by Gasteiger charge is -2.21. The summed E-state index contributed by atoms with van der Waals surface area (Å²) in [4.78, 5) is 18.3. The molecule has 0 spiro atoms. The molecule has 1 amide bonds. The minimum absolute atomic E-state index is 0.0925. The summed E-state index contributed by atoms with van der Waals surface area (Å²) in [6.45, 7) is 4.38. The van der Waals surface area contributed by atoms with Crippen LogP contribution in [0.2, 0.25) is 0 Å². The Bertz CT molecular complexity index is 571. The first-order valence-corrected chi connectivity index (χ1v) is 9.14. The molecular weight excluding hydrogens is 326 g/mol. The number of aromatic nitrogens is 3. The van der Waals surface area contributed by atoms with E-state index in [2.05, 4.69) is 27.4 Å². The maximum absolute atomic E-state index is 12.0. The summed E-state index contributed by atoms with van der Waals surface area (Å²) in [6, 6.07) is 0.108. The molecule has 2 aromatic rings. The molecule has 1 unspecified atom stereocenters. The normalized spacial score (nSPS) is 12.6. The van der Waals surface area contributed by atoms with Crippen LogP contribution in [0.15, 0.2) is 15.9 Å².